The van der Waals surface area contributed by atoms with E-state index in [0.717, 1.165) is 0 Å². The van der Waals surface area contributed by atoms with Crippen LogP contribution in [0.3, 0.4) is 0 Å². The molecule has 0 aliphatic rings. The van der Waals surface area contributed by atoms with E-state index in [9.17, 15) is 14.6 Å². The molecule has 0 saturated heterocycles. The van der Waals surface area contributed by atoms with Crippen molar-refractivity contribution in [2.75, 3.05) is 11.4 Å². The van der Waals surface area contributed by atoms with Gasteiger partial charge in [0.25, 0.3) is 0 Å². The van der Waals surface area contributed by atoms with Crippen LogP contribution in [-0.2, 0) is 0 Å². The summed E-state index contributed by atoms with van der Waals surface area (Å²) in [6, 6.07) is 10.7. The van der Waals surface area contributed by atoms with Crippen molar-refractivity contribution in [2.24, 2.45) is 0 Å². The first-order valence-electron chi connectivity index (χ1n) is 6.57. The molecular weight excluding hydrogens is 257 g/mol. The molecule has 0 saturated carbocycles. The molecule has 3 nitrogen and oxygen atoms in total. The molecule has 0 aromatic heterocycles. The zero-order chi connectivity index (χ0) is 14.7. The Morgan fingerprint density at radius 2 is 1.70 bits per heavy atom. The molecular formula is C16H18FNO2. The largest absolute Gasteiger partial charge is 0.507 e. The predicted octanol–water partition coefficient (Wildman–Crippen LogP) is 3.82. The standard InChI is InChI=1S/C16H18FNO2/c1-3-18(13-7-4-6-12(17)10-13)11(2)16-14(19)8-5-9-15(16)20/h4-11,19-20H,3H2,1-2H3. The van der Waals surface area contributed by atoms with Gasteiger partial charge in [-0.05, 0) is 44.2 Å². The molecule has 2 rings (SSSR count). The van der Waals surface area contributed by atoms with Crippen LogP contribution in [0.15, 0.2) is 42.5 Å². The number of benzene rings is 2. The molecule has 0 aliphatic carbocycles. The molecule has 106 valence electrons. The van der Waals surface area contributed by atoms with E-state index in [0.29, 0.717) is 17.8 Å². The molecule has 0 radical (unpaired) electrons. The number of phenolic OH excluding ortho intramolecular Hbond substituents is 2. The van der Waals surface area contributed by atoms with Crippen LogP contribution < -0.4 is 4.90 Å². The Morgan fingerprint density at radius 3 is 2.25 bits per heavy atom. The highest BCUT2D eigenvalue weighted by Crippen LogP contribution is 2.37. The van der Waals surface area contributed by atoms with Gasteiger partial charge in [-0.25, -0.2) is 4.39 Å². The van der Waals surface area contributed by atoms with Crippen LogP contribution in [0, 0.1) is 5.82 Å². The summed E-state index contributed by atoms with van der Waals surface area (Å²) in [5, 5.41) is 19.9. The Morgan fingerprint density at radius 1 is 1.10 bits per heavy atom. The number of anilines is 1. The number of nitrogens with zero attached hydrogens (tertiary/aromatic N) is 1. The summed E-state index contributed by atoms with van der Waals surface area (Å²) in [5.41, 5.74) is 1.15. The second-order valence-electron chi connectivity index (χ2n) is 4.65. The van der Waals surface area contributed by atoms with Gasteiger partial charge in [0, 0.05) is 12.2 Å². The van der Waals surface area contributed by atoms with Crippen molar-refractivity contribution in [1.82, 2.24) is 0 Å². The van der Waals surface area contributed by atoms with Gasteiger partial charge < -0.3 is 15.1 Å². The third-order valence-corrected chi connectivity index (χ3v) is 3.43. The Balaban J connectivity index is 2.41. The number of hydrogen-bond acceptors (Lipinski definition) is 3. The van der Waals surface area contributed by atoms with Crippen LogP contribution in [0.4, 0.5) is 10.1 Å². The third kappa shape index (κ3) is 2.69. The van der Waals surface area contributed by atoms with E-state index in [4.69, 9.17) is 0 Å². The zero-order valence-corrected chi connectivity index (χ0v) is 11.5. The van der Waals surface area contributed by atoms with Gasteiger partial charge >= 0.3 is 0 Å². The van der Waals surface area contributed by atoms with Crippen molar-refractivity contribution in [3.8, 4) is 11.5 Å². The summed E-state index contributed by atoms with van der Waals surface area (Å²) < 4.78 is 13.4. The Labute approximate surface area is 117 Å². The number of halogens is 1. The molecule has 0 aliphatic heterocycles. The lowest BCUT2D eigenvalue weighted by atomic mass is 10.0. The maximum atomic E-state index is 13.4. The fraction of sp³-hybridized carbons (Fsp3) is 0.250. The number of hydrogen-bond donors (Lipinski definition) is 2. The second-order valence-corrected chi connectivity index (χ2v) is 4.65. The first-order chi connectivity index (χ1) is 9.54. The minimum Gasteiger partial charge on any atom is -0.507 e. The Hall–Kier alpha value is -2.23. The molecule has 0 heterocycles. The lowest BCUT2D eigenvalue weighted by Gasteiger charge is -2.31. The molecule has 20 heavy (non-hydrogen) atoms. The van der Waals surface area contributed by atoms with Crippen LogP contribution in [0.2, 0.25) is 0 Å². The van der Waals surface area contributed by atoms with Gasteiger partial charge in [0.05, 0.1) is 11.6 Å². The van der Waals surface area contributed by atoms with Crippen molar-refractivity contribution in [3.05, 3.63) is 53.8 Å². The highest BCUT2D eigenvalue weighted by molar-refractivity contribution is 5.53. The van der Waals surface area contributed by atoms with Gasteiger partial charge in [0.2, 0.25) is 0 Å². The summed E-state index contributed by atoms with van der Waals surface area (Å²) in [4.78, 5) is 1.91. The average Bonchev–Trinajstić information content (AvgIpc) is 2.39. The fourth-order valence-electron chi connectivity index (χ4n) is 2.46. The summed E-state index contributed by atoms with van der Waals surface area (Å²) in [6.07, 6.45) is 0. The average molecular weight is 275 g/mol. The van der Waals surface area contributed by atoms with Crippen LogP contribution in [-0.4, -0.2) is 16.8 Å². The summed E-state index contributed by atoms with van der Waals surface area (Å²) >= 11 is 0. The predicted molar refractivity (Wildman–Crippen MR) is 77.6 cm³/mol. The lowest BCUT2D eigenvalue weighted by molar-refractivity contribution is 0.428. The Kier molecular flexibility index (Phi) is 4.13. The van der Waals surface area contributed by atoms with Crippen LogP contribution >= 0.6 is 0 Å². The van der Waals surface area contributed by atoms with Crippen LogP contribution in [0.25, 0.3) is 0 Å². The van der Waals surface area contributed by atoms with E-state index in [-0.39, 0.29) is 23.4 Å². The van der Waals surface area contributed by atoms with Gasteiger partial charge in [-0.1, -0.05) is 12.1 Å². The molecule has 0 bridgehead atoms. The van der Waals surface area contributed by atoms with Gasteiger partial charge in [0.15, 0.2) is 0 Å². The van der Waals surface area contributed by atoms with Crippen molar-refractivity contribution in [1.29, 1.82) is 0 Å². The van der Waals surface area contributed by atoms with Gasteiger partial charge in [-0.15, -0.1) is 0 Å². The van der Waals surface area contributed by atoms with E-state index in [1.165, 1.54) is 24.3 Å². The molecule has 0 fully saturated rings. The van der Waals surface area contributed by atoms with Gasteiger partial charge in [-0.3, -0.25) is 0 Å². The first-order valence-corrected chi connectivity index (χ1v) is 6.57. The van der Waals surface area contributed by atoms with Crippen LogP contribution in [0.5, 0.6) is 11.5 Å². The molecule has 1 atom stereocenters. The van der Waals surface area contributed by atoms with Gasteiger partial charge in [0.1, 0.15) is 17.3 Å². The topological polar surface area (TPSA) is 43.7 Å². The van der Waals surface area contributed by atoms with Crippen molar-refractivity contribution < 1.29 is 14.6 Å². The number of phenols is 2. The zero-order valence-electron chi connectivity index (χ0n) is 11.5. The highest BCUT2D eigenvalue weighted by Gasteiger charge is 2.21. The minimum absolute atomic E-state index is 0.0346. The van der Waals surface area contributed by atoms with E-state index >= 15 is 0 Å². The Bertz CT molecular complexity index is 581. The smallest absolute Gasteiger partial charge is 0.125 e. The third-order valence-electron chi connectivity index (χ3n) is 3.43. The van der Waals surface area contributed by atoms with E-state index < -0.39 is 0 Å². The summed E-state index contributed by atoms with van der Waals surface area (Å²) in [7, 11) is 0. The monoisotopic (exact) mass is 275 g/mol. The summed E-state index contributed by atoms with van der Waals surface area (Å²) in [6.45, 7) is 4.43. The molecule has 2 aromatic rings. The maximum Gasteiger partial charge on any atom is 0.125 e. The number of aromatic hydroxyl groups is 2. The number of rotatable bonds is 4. The normalized spacial score (nSPS) is 12.2. The van der Waals surface area contributed by atoms with E-state index in [1.807, 2.05) is 18.7 Å². The molecule has 0 amide bonds. The first kappa shape index (κ1) is 14.2. The highest BCUT2D eigenvalue weighted by atomic mass is 19.1. The maximum absolute atomic E-state index is 13.4. The van der Waals surface area contributed by atoms with E-state index in [1.54, 1.807) is 18.2 Å². The van der Waals surface area contributed by atoms with Crippen molar-refractivity contribution in [3.63, 3.8) is 0 Å². The SMILES string of the molecule is CCN(c1cccc(F)c1)C(C)c1c(O)cccc1O. The van der Waals surface area contributed by atoms with Crippen molar-refractivity contribution >= 4 is 5.69 Å². The fourth-order valence-corrected chi connectivity index (χ4v) is 2.46. The summed E-state index contributed by atoms with van der Waals surface area (Å²) in [5.74, 6) is -0.241. The quantitative estimate of drug-likeness (QED) is 0.891. The molecule has 2 aromatic carbocycles. The molecule has 2 N–H and O–H groups in total. The minimum atomic E-state index is -0.311. The molecule has 0 spiro atoms. The lowest BCUT2D eigenvalue weighted by Crippen LogP contribution is -2.26. The second kappa shape index (κ2) is 5.82. The molecule has 1 unspecified atom stereocenters. The van der Waals surface area contributed by atoms with Crippen molar-refractivity contribution in [2.45, 2.75) is 19.9 Å². The van der Waals surface area contributed by atoms with E-state index in [2.05, 4.69) is 0 Å². The van der Waals surface area contributed by atoms with Gasteiger partial charge in [-0.2, -0.15) is 0 Å². The van der Waals surface area contributed by atoms with Crippen LogP contribution in [0.1, 0.15) is 25.5 Å². The molecule has 4 heteroatoms.